The summed E-state index contributed by atoms with van der Waals surface area (Å²) in [5.41, 5.74) is 0.516. The highest BCUT2D eigenvalue weighted by Gasteiger charge is 2.43. The van der Waals surface area contributed by atoms with Gasteiger partial charge in [0.25, 0.3) is 0 Å². The first-order chi connectivity index (χ1) is 12.8. The lowest BCUT2D eigenvalue weighted by Crippen LogP contribution is -2.43. The molecule has 0 aromatic carbocycles. The molecule has 1 aliphatic rings. The van der Waals surface area contributed by atoms with Crippen LogP contribution in [0.4, 0.5) is 0 Å². The number of hydrogen-bond donors (Lipinski definition) is 1. The SMILES string of the molecule is O=C(NCCn1ccnc1-c1ccccn1)C1(c2cccs2)CCCC1. The fourth-order valence-electron chi connectivity index (χ4n) is 3.79. The van der Waals surface area contributed by atoms with Crippen LogP contribution in [0.5, 0.6) is 0 Å². The molecule has 1 aliphatic carbocycles. The fourth-order valence-corrected chi connectivity index (χ4v) is 4.78. The van der Waals surface area contributed by atoms with Crippen LogP contribution in [0.3, 0.4) is 0 Å². The van der Waals surface area contributed by atoms with Crippen molar-refractivity contribution in [3.63, 3.8) is 0 Å². The molecule has 1 saturated carbocycles. The van der Waals surface area contributed by atoms with Crippen LogP contribution in [0.25, 0.3) is 11.5 Å². The van der Waals surface area contributed by atoms with Gasteiger partial charge in [0.1, 0.15) is 5.69 Å². The van der Waals surface area contributed by atoms with E-state index in [0.29, 0.717) is 13.1 Å². The maximum absolute atomic E-state index is 13.0. The average Bonchev–Trinajstić information content (AvgIpc) is 3.43. The zero-order valence-corrected chi connectivity index (χ0v) is 15.4. The van der Waals surface area contributed by atoms with Crippen LogP contribution in [0, 0.1) is 0 Å². The largest absolute Gasteiger partial charge is 0.354 e. The Balaban J connectivity index is 1.43. The van der Waals surface area contributed by atoms with Gasteiger partial charge in [-0.15, -0.1) is 11.3 Å². The Bertz CT molecular complexity index is 851. The topological polar surface area (TPSA) is 59.8 Å². The van der Waals surface area contributed by atoms with Crippen molar-refractivity contribution in [2.24, 2.45) is 0 Å². The number of amides is 1. The summed E-state index contributed by atoms with van der Waals surface area (Å²) in [4.78, 5) is 23.0. The molecule has 0 saturated heterocycles. The molecule has 0 radical (unpaired) electrons. The summed E-state index contributed by atoms with van der Waals surface area (Å²) in [5.74, 6) is 0.991. The second kappa shape index (κ2) is 7.41. The lowest BCUT2D eigenvalue weighted by Gasteiger charge is -2.26. The summed E-state index contributed by atoms with van der Waals surface area (Å²) in [7, 11) is 0. The van der Waals surface area contributed by atoms with E-state index in [1.807, 2.05) is 35.0 Å². The summed E-state index contributed by atoms with van der Waals surface area (Å²) in [6.07, 6.45) is 9.61. The van der Waals surface area contributed by atoms with Crippen LogP contribution < -0.4 is 5.32 Å². The van der Waals surface area contributed by atoms with Gasteiger partial charge in [-0.25, -0.2) is 4.98 Å². The van der Waals surface area contributed by atoms with Crippen molar-refractivity contribution in [2.45, 2.75) is 37.6 Å². The minimum absolute atomic E-state index is 0.164. The molecular weight excluding hydrogens is 344 g/mol. The van der Waals surface area contributed by atoms with E-state index in [-0.39, 0.29) is 11.3 Å². The van der Waals surface area contributed by atoms with E-state index in [1.54, 1.807) is 23.7 Å². The minimum Gasteiger partial charge on any atom is -0.354 e. The molecule has 134 valence electrons. The van der Waals surface area contributed by atoms with Crippen molar-refractivity contribution in [1.29, 1.82) is 0 Å². The van der Waals surface area contributed by atoms with Crippen LogP contribution in [0.15, 0.2) is 54.3 Å². The van der Waals surface area contributed by atoms with Crippen molar-refractivity contribution in [1.82, 2.24) is 19.9 Å². The first-order valence-electron chi connectivity index (χ1n) is 9.04. The fraction of sp³-hybridized carbons (Fsp3) is 0.350. The number of nitrogens with one attached hydrogen (secondary N) is 1. The maximum atomic E-state index is 13.0. The molecule has 3 aromatic rings. The average molecular weight is 366 g/mol. The van der Waals surface area contributed by atoms with E-state index in [9.17, 15) is 4.79 Å². The van der Waals surface area contributed by atoms with Gasteiger partial charge in [-0.05, 0) is 36.4 Å². The number of rotatable bonds is 6. The molecule has 6 heteroatoms. The van der Waals surface area contributed by atoms with Crippen molar-refractivity contribution >= 4 is 17.2 Å². The highest BCUT2D eigenvalue weighted by Crippen LogP contribution is 2.43. The Hall–Kier alpha value is -2.47. The van der Waals surface area contributed by atoms with E-state index >= 15 is 0 Å². The molecule has 1 N–H and O–H groups in total. The molecule has 5 nitrogen and oxygen atoms in total. The Morgan fingerprint density at radius 3 is 2.77 bits per heavy atom. The van der Waals surface area contributed by atoms with Crippen LogP contribution in [0.2, 0.25) is 0 Å². The van der Waals surface area contributed by atoms with Gasteiger partial charge in [-0.3, -0.25) is 9.78 Å². The third kappa shape index (κ3) is 3.17. The number of carbonyl (C=O) groups is 1. The number of carbonyl (C=O) groups excluding carboxylic acids is 1. The summed E-state index contributed by atoms with van der Waals surface area (Å²) in [5, 5.41) is 5.23. The summed E-state index contributed by atoms with van der Waals surface area (Å²) >= 11 is 1.69. The van der Waals surface area contributed by atoms with Gasteiger partial charge in [0.05, 0.1) is 5.41 Å². The third-order valence-electron chi connectivity index (χ3n) is 5.13. The molecule has 3 heterocycles. The molecule has 0 atom stereocenters. The van der Waals surface area contributed by atoms with Gasteiger partial charge < -0.3 is 9.88 Å². The Kier molecular flexibility index (Phi) is 4.84. The molecule has 3 aromatic heterocycles. The second-order valence-corrected chi connectivity index (χ2v) is 7.63. The van der Waals surface area contributed by atoms with E-state index < -0.39 is 0 Å². The number of imidazole rings is 1. The maximum Gasteiger partial charge on any atom is 0.231 e. The predicted octanol–water partition coefficient (Wildman–Crippen LogP) is 3.63. The Labute approximate surface area is 157 Å². The van der Waals surface area contributed by atoms with Gasteiger partial charge in [0.2, 0.25) is 5.91 Å². The van der Waals surface area contributed by atoms with E-state index in [2.05, 4.69) is 26.7 Å². The smallest absolute Gasteiger partial charge is 0.231 e. The quantitative estimate of drug-likeness (QED) is 0.725. The van der Waals surface area contributed by atoms with E-state index in [0.717, 1.165) is 37.2 Å². The summed E-state index contributed by atoms with van der Waals surface area (Å²) in [6.45, 7) is 1.26. The van der Waals surface area contributed by atoms with E-state index in [1.165, 1.54) is 4.88 Å². The first kappa shape index (κ1) is 17.0. The zero-order valence-electron chi connectivity index (χ0n) is 14.6. The second-order valence-electron chi connectivity index (χ2n) is 6.68. The normalized spacial score (nSPS) is 15.8. The van der Waals surface area contributed by atoms with E-state index in [4.69, 9.17) is 0 Å². The van der Waals surface area contributed by atoms with Gasteiger partial charge in [-0.2, -0.15) is 0 Å². The number of nitrogens with zero attached hydrogens (tertiary/aromatic N) is 3. The van der Waals surface area contributed by atoms with Crippen molar-refractivity contribution in [3.8, 4) is 11.5 Å². The summed E-state index contributed by atoms with van der Waals surface area (Å²) in [6, 6.07) is 9.93. The van der Waals surface area contributed by atoms with Crippen molar-refractivity contribution in [3.05, 3.63) is 59.2 Å². The molecule has 0 spiro atoms. The highest BCUT2D eigenvalue weighted by atomic mass is 32.1. The molecule has 1 amide bonds. The van der Waals surface area contributed by atoms with Crippen LogP contribution >= 0.6 is 11.3 Å². The standard InChI is InChI=1S/C20H22N4OS/c25-19(20(8-2-3-9-20)17-7-5-15-26-17)23-12-14-24-13-11-22-18(24)16-6-1-4-10-21-16/h1,4-7,10-11,13,15H,2-3,8-9,12,14H2,(H,23,25). The molecular formula is C20H22N4OS. The van der Waals surface area contributed by atoms with Gasteiger partial charge in [0, 0.05) is 36.6 Å². The van der Waals surface area contributed by atoms with Crippen molar-refractivity contribution in [2.75, 3.05) is 6.54 Å². The van der Waals surface area contributed by atoms with Gasteiger partial charge in [-0.1, -0.05) is 25.0 Å². The molecule has 0 unspecified atom stereocenters. The van der Waals surface area contributed by atoms with Crippen LogP contribution in [-0.2, 0) is 16.8 Å². The molecule has 4 rings (SSSR count). The van der Waals surface area contributed by atoms with Crippen LogP contribution in [0.1, 0.15) is 30.6 Å². The molecule has 0 bridgehead atoms. The van der Waals surface area contributed by atoms with Gasteiger partial charge in [0.15, 0.2) is 5.82 Å². The number of hydrogen-bond acceptors (Lipinski definition) is 4. The number of thiophene rings is 1. The Morgan fingerprint density at radius 2 is 2.04 bits per heavy atom. The molecule has 26 heavy (non-hydrogen) atoms. The first-order valence-corrected chi connectivity index (χ1v) is 9.92. The molecule has 0 aliphatic heterocycles. The number of aromatic nitrogens is 3. The van der Waals surface area contributed by atoms with Crippen LogP contribution in [-0.4, -0.2) is 27.0 Å². The lowest BCUT2D eigenvalue weighted by atomic mass is 9.83. The Morgan fingerprint density at radius 1 is 1.15 bits per heavy atom. The zero-order chi connectivity index (χ0) is 17.8. The predicted molar refractivity (Wildman–Crippen MR) is 103 cm³/mol. The van der Waals surface area contributed by atoms with Gasteiger partial charge >= 0.3 is 0 Å². The summed E-state index contributed by atoms with van der Waals surface area (Å²) < 4.78 is 2.04. The molecule has 1 fully saturated rings. The minimum atomic E-state index is -0.326. The monoisotopic (exact) mass is 366 g/mol. The third-order valence-corrected chi connectivity index (χ3v) is 6.21. The lowest BCUT2D eigenvalue weighted by molar-refractivity contribution is -0.126. The highest BCUT2D eigenvalue weighted by molar-refractivity contribution is 7.10. The number of pyridine rings is 1. The van der Waals surface area contributed by atoms with Crippen molar-refractivity contribution < 1.29 is 4.79 Å².